The van der Waals surface area contributed by atoms with E-state index in [1.54, 1.807) is 6.33 Å². The number of benzene rings is 2. The standard InChI is InChI=1S/C26H25N7O/c1-28-11-21-14-31(15-25(21)34)22-6-7-23-20(8-22)13-32-12-19(18-4-2-17(10-27)3-5-18)9-24(32)26-30-29-16-33(23)26/h2-9,12,16,21,25,28,34H,11,13-15H2,1H3/t21-,25-/m1/s1. The van der Waals surface area contributed by atoms with Crippen molar-refractivity contribution in [1.29, 1.82) is 5.26 Å². The Kier molecular flexibility index (Phi) is 4.94. The first-order valence-corrected chi connectivity index (χ1v) is 11.5. The molecule has 0 radical (unpaired) electrons. The number of hydrogen-bond donors (Lipinski definition) is 2. The highest BCUT2D eigenvalue weighted by molar-refractivity contribution is 5.72. The number of nitriles is 1. The number of β-amino-alcohol motifs (C(OH)–C–C–N with tert-alkyl or cyclic N) is 1. The van der Waals surface area contributed by atoms with Crippen LogP contribution in [0.5, 0.6) is 0 Å². The minimum atomic E-state index is -0.332. The van der Waals surface area contributed by atoms with Crippen molar-refractivity contribution in [2.75, 3.05) is 31.6 Å². The van der Waals surface area contributed by atoms with Crippen LogP contribution >= 0.6 is 0 Å². The summed E-state index contributed by atoms with van der Waals surface area (Å²) in [4.78, 5) is 2.27. The second-order valence-corrected chi connectivity index (χ2v) is 9.06. The van der Waals surface area contributed by atoms with E-state index in [1.165, 1.54) is 5.56 Å². The van der Waals surface area contributed by atoms with Crippen LogP contribution in [0, 0.1) is 17.2 Å². The minimum absolute atomic E-state index is 0.222. The molecular formula is C26H25N7O. The van der Waals surface area contributed by atoms with Crippen molar-refractivity contribution in [3.8, 4) is 34.4 Å². The Bertz CT molecular complexity index is 1400. The molecule has 6 rings (SSSR count). The van der Waals surface area contributed by atoms with Gasteiger partial charge in [-0.15, -0.1) is 10.2 Å². The van der Waals surface area contributed by atoms with Gasteiger partial charge in [-0.25, -0.2) is 0 Å². The third-order valence-corrected chi connectivity index (χ3v) is 6.92. The summed E-state index contributed by atoms with van der Waals surface area (Å²) in [6.45, 7) is 2.98. The molecule has 2 N–H and O–H groups in total. The van der Waals surface area contributed by atoms with E-state index in [-0.39, 0.29) is 12.0 Å². The number of fused-ring (bicyclic) bond motifs is 5. The van der Waals surface area contributed by atoms with E-state index in [0.717, 1.165) is 47.1 Å². The lowest BCUT2D eigenvalue weighted by Gasteiger charge is -2.20. The second-order valence-electron chi connectivity index (χ2n) is 9.06. The zero-order valence-electron chi connectivity index (χ0n) is 18.9. The lowest BCUT2D eigenvalue weighted by Crippen LogP contribution is -2.28. The summed E-state index contributed by atoms with van der Waals surface area (Å²) in [5, 5.41) is 31.4. The molecule has 2 aromatic heterocycles. The summed E-state index contributed by atoms with van der Waals surface area (Å²) in [7, 11) is 1.93. The third-order valence-electron chi connectivity index (χ3n) is 6.92. The van der Waals surface area contributed by atoms with Crippen molar-refractivity contribution in [2.45, 2.75) is 12.6 Å². The first kappa shape index (κ1) is 20.7. The van der Waals surface area contributed by atoms with E-state index in [2.05, 4.69) is 61.5 Å². The van der Waals surface area contributed by atoms with Gasteiger partial charge in [0.25, 0.3) is 0 Å². The summed E-state index contributed by atoms with van der Waals surface area (Å²) < 4.78 is 4.26. The van der Waals surface area contributed by atoms with Crippen LogP contribution in [0.3, 0.4) is 0 Å². The number of aliphatic hydroxyl groups excluding tert-OH is 1. The Labute approximate surface area is 197 Å². The molecule has 170 valence electrons. The van der Waals surface area contributed by atoms with E-state index in [0.29, 0.717) is 18.7 Å². The highest BCUT2D eigenvalue weighted by atomic mass is 16.3. The normalized spacial score (nSPS) is 18.7. The Morgan fingerprint density at radius 2 is 1.97 bits per heavy atom. The number of aromatic nitrogens is 4. The van der Waals surface area contributed by atoms with Crippen molar-refractivity contribution < 1.29 is 5.11 Å². The number of nitrogens with zero attached hydrogens (tertiary/aromatic N) is 6. The average Bonchev–Trinajstić information content (AvgIpc) is 3.57. The predicted octanol–water partition coefficient (Wildman–Crippen LogP) is 2.65. The van der Waals surface area contributed by atoms with E-state index >= 15 is 0 Å². The highest BCUT2D eigenvalue weighted by Crippen LogP contribution is 2.35. The van der Waals surface area contributed by atoms with Gasteiger partial charge in [-0.05, 0) is 54.6 Å². The number of rotatable bonds is 4. The molecule has 2 aliphatic heterocycles. The SMILES string of the molecule is CNC[C@@H]1CN(c2ccc3c(c2)Cn2cc(-c4ccc(C#N)cc4)cc2-c2nncn2-3)C[C@H]1O. The first-order chi connectivity index (χ1) is 16.6. The maximum atomic E-state index is 10.5. The molecule has 0 amide bonds. The molecule has 2 atom stereocenters. The van der Waals surface area contributed by atoms with E-state index in [1.807, 2.05) is 35.9 Å². The molecule has 8 heteroatoms. The van der Waals surface area contributed by atoms with Gasteiger partial charge in [-0.1, -0.05) is 12.1 Å². The number of hydrogen-bond acceptors (Lipinski definition) is 6. The van der Waals surface area contributed by atoms with Crippen molar-refractivity contribution in [2.24, 2.45) is 5.92 Å². The van der Waals surface area contributed by atoms with Crippen LogP contribution in [0.1, 0.15) is 11.1 Å². The largest absolute Gasteiger partial charge is 0.391 e. The fraction of sp³-hybridized carbons (Fsp3) is 0.269. The molecule has 0 aliphatic carbocycles. The Morgan fingerprint density at radius 1 is 1.12 bits per heavy atom. The first-order valence-electron chi connectivity index (χ1n) is 11.5. The Morgan fingerprint density at radius 3 is 2.76 bits per heavy atom. The summed E-state index contributed by atoms with van der Waals surface area (Å²) in [6, 6.07) is 18.4. The van der Waals surface area contributed by atoms with Crippen LogP contribution in [0.2, 0.25) is 0 Å². The molecule has 0 spiro atoms. The summed E-state index contributed by atoms with van der Waals surface area (Å²) >= 11 is 0. The predicted molar refractivity (Wildman–Crippen MR) is 130 cm³/mol. The van der Waals surface area contributed by atoms with Crippen LogP contribution in [0.4, 0.5) is 5.69 Å². The van der Waals surface area contributed by atoms with Gasteiger partial charge >= 0.3 is 0 Å². The molecule has 2 aliphatic rings. The molecule has 34 heavy (non-hydrogen) atoms. The zero-order valence-corrected chi connectivity index (χ0v) is 18.9. The van der Waals surface area contributed by atoms with Gasteiger partial charge in [0.05, 0.1) is 29.1 Å². The maximum Gasteiger partial charge on any atom is 0.185 e. The van der Waals surface area contributed by atoms with Gasteiger partial charge in [-0.3, -0.25) is 4.57 Å². The molecule has 0 saturated carbocycles. The van der Waals surface area contributed by atoms with Gasteiger partial charge in [0, 0.05) is 49.5 Å². The summed E-state index contributed by atoms with van der Waals surface area (Å²) in [6.07, 6.45) is 3.57. The topological polar surface area (TPSA) is 94.9 Å². The molecule has 0 unspecified atom stereocenters. The molecule has 1 saturated heterocycles. The van der Waals surface area contributed by atoms with Gasteiger partial charge in [0.1, 0.15) is 6.33 Å². The third kappa shape index (κ3) is 3.37. The lowest BCUT2D eigenvalue weighted by atomic mass is 10.1. The molecular weight excluding hydrogens is 426 g/mol. The second kappa shape index (κ2) is 8.13. The molecule has 4 aromatic rings. The number of anilines is 1. The average molecular weight is 452 g/mol. The molecule has 2 aromatic carbocycles. The van der Waals surface area contributed by atoms with E-state index < -0.39 is 0 Å². The van der Waals surface area contributed by atoms with Crippen LogP contribution < -0.4 is 10.2 Å². The summed E-state index contributed by atoms with van der Waals surface area (Å²) in [5.41, 5.74) is 7.14. The van der Waals surface area contributed by atoms with Crippen LogP contribution in [-0.2, 0) is 6.54 Å². The molecule has 4 heterocycles. The minimum Gasteiger partial charge on any atom is -0.391 e. The smallest absolute Gasteiger partial charge is 0.185 e. The number of aliphatic hydroxyl groups is 1. The maximum absolute atomic E-state index is 10.5. The zero-order chi connectivity index (χ0) is 23.2. The fourth-order valence-corrected chi connectivity index (χ4v) is 5.15. The van der Waals surface area contributed by atoms with Gasteiger partial charge in [-0.2, -0.15) is 5.26 Å². The van der Waals surface area contributed by atoms with Crippen LogP contribution in [0.15, 0.2) is 61.1 Å². The lowest BCUT2D eigenvalue weighted by molar-refractivity contribution is 0.148. The highest BCUT2D eigenvalue weighted by Gasteiger charge is 2.31. The van der Waals surface area contributed by atoms with Gasteiger partial charge in [0.2, 0.25) is 0 Å². The van der Waals surface area contributed by atoms with E-state index in [9.17, 15) is 5.11 Å². The van der Waals surface area contributed by atoms with Crippen molar-refractivity contribution in [3.05, 3.63) is 72.2 Å². The van der Waals surface area contributed by atoms with Gasteiger partial charge < -0.3 is 19.9 Å². The number of nitrogens with one attached hydrogen (secondary N) is 1. The quantitative estimate of drug-likeness (QED) is 0.436. The van der Waals surface area contributed by atoms with Crippen LogP contribution in [-0.4, -0.2) is 57.2 Å². The Hall–Kier alpha value is -3.93. The monoisotopic (exact) mass is 451 g/mol. The molecule has 0 bridgehead atoms. The van der Waals surface area contributed by atoms with Crippen molar-refractivity contribution in [1.82, 2.24) is 24.6 Å². The van der Waals surface area contributed by atoms with Crippen LogP contribution in [0.25, 0.3) is 28.3 Å². The van der Waals surface area contributed by atoms with E-state index in [4.69, 9.17) is 5.26 Å². The molecule has 8 nitrogen and oxygen atoms in total. The van der Waals surface area contributed by atoms with Crippen molar-refractivity contribution >= 4 is 5.69 Å². The Balaban J connectivity index is 1.38. The summed E-state index contributed by atoms with van der Waals surface area (Å²) in [5.74, 6) is 1.02. The fourth-order valence-electron chi connectivity index (χ4n) is 5.15. The molecule has 1 fully saturated rings. The van der Waals surface area contributed by atoms with Crippen molar-refractivity contribution in [3.63, 3.8) is 0 Å². The van der Waals surface area contributed by atoms with Gasteiger partial charge in [0.15, 0.2) is 5.82 Å².